The molecule has 2 atom stereocenters. The van der Waals surface area contributed by atoms with Gasteiger partial charge in [-0.2, -0.15) is 0 Å². The number of nitrogens with one attached hydrogen (secondary N) is 1. The molecule has 0 bridgehead atoms. The molecule has 1 saturated heterocycles. The Morgan fingerprint density at radius 2 is 1.44 bits per heavy atom. The van der Waals surface area contributed by atoms with Gasteiger partial charge in [-0.05, 0) is 74.2 Å². The van der Waals surface area contributed by atoms with Gasteiger partial charge in [0.2, 0.25) is 5.91 Å². The summed E-state index contributed by atoms with van der Waals surface area (Å²) >= 11 is 0. The van der Waals surface area contributed by atoms with E-state index in [-0.39, 0.29) is 11.5 Å². The van der Waals surface area contributed by atoms with Gasteiger partial charge in [0.05, 0.1) is 24.1 Å². The molecule has 1 aliphatic heterocycles. The van der Waals surface area contributed by atoms with Crippen LogP contribution >= 0.6 is 0 Å². The van der Waals surface area contributed by atoms with Crippen LogP contribution in [0.25, 0.3) is 0 Å². The lowest BCUT2D eigenvalue weighted by Crippen LogP contribution is -2.68. The number of hydrogen-bond acceptors (Lipinski definition) is 5. The Morgan fingerprint density at radius 1 is 0.860 bits per heavy atom. The molecule has 4 aromatic rings. The van der Waals surface area contributed by atoms with Gasteiger partial charge in [0, 0.05) is 0 Å². The Morgan fingerprint density at radius 3 is 2.00 bits per heavy atom. The number of likely N-dealkylation sites (tertiary alicyclic amines) is 1. The number of imide groups is 1. The average Bonchev–Trinajstić information content (AvgIpc) is 3.00. The van der Waals surface area contributed by atoms with Crippen molar-refractivity contribution < 1.29 is 29.0 Å². The molecule has 2 N–H and O–H groups in total. The van der Waals surface area contributed by atoms with Crippen molar-refractivity contribution in [3.05, 3.63) is 130 Å². The molecule has 0 aliphatic carbocycles. The number of rotatable bonds is 10. The number of carboxylic acid groups (broad SMARTS) is 1. The first-order valence-electron chi connectivity index (χ1n) is 14.2. The van der Waals surface area contributed by atoms with Crippen molar-refractivity contribution in [2.75, 3.05) is 6.61 Å². The van der Waals surface area contributed by atoms with Gasteiger partial charge in [-0.25, -0.2) is 14.5 Å². The summed E-state index contributed by atoms with van der Waals surface area (Å²) in [7, 11) is 0. The van der Waals surface area contributed by atoms with Crippen LogP contribution in [0, 0.1) is 19.8 Å². The SMILES string of the molecule is CCOc1ccccc1CC1C(=O)N(C(=O)NC(c2ccc(C)cc2)c2ccc(C)cc2)[C@H]1Oc1ccc(C(=O)O)cc1. The van der Waals surface area contributed by atoms with E-state index < -0.39 is 30.2 Å². The van der Waals surface area contributed by atoms with Gasteiger partial charge in [-0.15, -0.1) is 0 Å². The average molecular weight is 579 g/mol. The summed E-state index contributed by atoms with van der Waals surface area (Å²) in [5.41, 5.74) is 4.86. The summed E-state index contributed by atoms with van der Waals surface area (Å²) in [5, 5.41) is 12.3. The number of para-hydroxylation sites is 1. The largest absolute Gasteiger partial charge is 0.494 e. The van der Waals surface area contributed by atoms with E-state index in [1.54, 1.807) is 0 Å². The summed E-state index contributed by atoms with van der Waals surface area (Å²) in [5.74, 6) is -1.08. The number of amides is 3. The van der Waals surface area contributed by atoms with Crippen molar-refractivity contribution in [2.24, 2.45) is 5.92 Å². The third-order valence-corrected chi connectivity index (χ3v) is 7.53. The van der Waals surface area contributed by atoms with Crippen molar-refractivity contribution in [2.45, 2.75) is 39.5 Å². The number of aromatic carboxylic acids is 1. The van der Waals surface area contributed by atoms with Crippen LogP contribution in [0.3, 0.4) is 0 Å². The summed E-state index contributed by atoms with van der Waals surface area (Å²) in [4.78, 5) is 39.9. The first kappa shape index (κ1) is 29.4. The fraction of sp³-hybridized carbons (Fsp3) is 0.229. The fourth-order valence-electron chi connectivity index (χ4n) is 5.15. The zero-order chi connectivity index (χ0) is 30.5. The van der Waals surface area contributed by atoms with E-state index in [0.717, 1.165) is 32.7 Å². The van der Waals surface area contributed by atoms with E-state index in [0.29, 0.717) is 24.5 Å². The second-order valence-corrected chi connectivity index (χ2v) is 10.6. The van der Waals surface area contributed by atoms with Crippen LogP contribution in [0.1, 0.15) is 51.1 Å². The molecule has 1 heterocycles. The molecule has 5 rings (SSSR count). The standard InChI is InChI=1S/C35H34N2O6/c1-4-42-30-8-6-5-7-27(30)21-29-32(38)37(33(29)43-28-19-17-26(18-20-28)34(39)40)35(41)36-31(24-13-9-22(2)10-14-24)25-15-11-23(3)12-16-25/h5-20,29,31,33H,4,21H2,1-3H3,(H,36,41)(H,39,40)/t29?,33-/m0/s1. The van der Waals surface area contributed by atoms with Gasteiger partial charge in [0.1, 0.15) is 11.5 Å². The summed E-state index contributed by atoms with van der Waals surface area (Å²) in [6.07, 6.45) is -0.620. The van der Waals surface area contributed by atoms with Gasteiger partial charge in [-0.3, -0.25) is 4.79 Å². The summed E-state index contributed by atoms with van der Waals surface area (Å²) in [6.45, 7) is 6.36. The van der Waals surface area contributed by atoms with Crippen molar-refractivity contribution in [1.82, 2.24) is 10.2 Å². The molecule has 0 saturated carbocycles. The summed E-state index contributed by atoms with van der Waals surface area (Å²) < 4.78 is 12.0. The van der Waals surface area contributed by atoms with Crippen LogP contribution in [0.4, 0.5) is 4.79 Å². The molecule has 0 radical (unpaired) electrons. The van der Waals surface area contributed by atoms with Crippen molar-refractivity contribution >= 4 is 17.9 Å². The van der Waals surface area contributed by atoms with Crippen LogP contribution in [0.5, 0.6) is 11.5 Å². The third kappa shape index (κ3) is 6.54. The maximum atomic E-state index is 13.8. The Kier molecular flexibility index (Phi) is 8.76. The molecule has 4 aromatic carbocycles. The number of hydrogen-bond donors (Lipinski definition) is 2. The van der Waals surface area contributed by atoms with E-state index in [1.165, 1.54) is 24.3 Å². The molecule has 1 unspecified atom stereocenters. The Bertz CT molecular complexity index is 1550. The van der Waals surface area contributed by atoms with Gasteiger partial charge in [-0.1, -0.05) is 77.9 Å². The lowest BCUT2D eigenvalue weighted by atomic mass is 9.88. The number of aryl methyl sites for hydroxylation is 2. The number of benzene rings is 4. The normalized spacial score (nSPS) is 16.0. The molecular formula is C35H34N2O6. The highest BCUT2D eigenvalue weighted by atomic mass is 16.5. The number of carboxylic acids is 1. The smallest absolute Gasteiger partial charge is 0.335 e. The van der Waals surface area contributed by atoms with Crippen LogP contribution in [-0.4, -0.2) is 40.7 Å². The second kappa shape index (κ2) is 12.8. The van der Waals surface area contributed by atoms with E-state index in [2.05, 4.69) is 5.32 Å². The van der Waals surface area contributed by atoms with Crippen molar-refractivity contribution in [3.63, 3.8) is 0 Å². The minimum Gasteiger partial charge on any atom is -0.494 e. The Labute approximate surface area is 250 Å². The zero-order valence-electron chi connectivity index (χ0n) is 24.3. The molecule has 3 amide bonds. The summed E-state index contributed by atoms with van der Waals surface area (Å²) in [6, 6.07) is 28.1. The molecule has 1 fully saturated rings. The molecule has 0 spiro atoms. The minimum atomic E-state index is -1.06. The predicted molar refractivity (Wildman–Crippen MR) is 162 cm³/mol. The van der Waals surface area contributed by atoms with Crippen molar-refractivity contribution in [3.8, 4) is 11.5 Å². The number of urea groups is 1. The number of nitrogens with zero attached hydrogens (tertiary/aromatic N) is 1. The molecule has 8 nitrogen and oxygen atoms in total. The van der Waals surface area contributed by atoms with Crippen LogP contribution in [-0.2, 0) is 11.2 Å². The highest BCUT2D eigenvalue weighted by Crippen LogP contribution is 2.35. The molecule has 43 heavy (non-hydrogen) atoms. The quantitative estimate of drug-likeness (QED) is 0.214. The number of β-lactam (4-membered cyclic amide) rings is 1. The van der Waals surface area contributed by atoms with Crippen molar-refractivity contribution in [1.29, 1.82) is 0 Å². The van der Waals surface area contributed by atoms with E-state index >= 15 is 0 Å². The van der Waals surface area contributed by atoms with E-state index in [1.807, 2.05) is 93.6 Å². The zero-order valence-corrected chi connectivity index (χ0v) is 24.3. The molecule has 1 aliphatic rings. The van der Waals surface area contributed by atoms with Gasteiger partial charge in [0.15, 0.2) is 6.23 Å². The third-order valence-electron chi connectivity index (χ3n) is 7.53. The Balaban J connectivity index is 1.44. The highest BCUT2D eigenvalue weighted by molar-refractivity contribution is 6.01. The lowest BCUT2D eigenvalue weighted by Gasteiger charge is -2.45. The number of ether oxygens (including phenoxy) is 2. The molecule has 8 heteroatoms. The first-order valence-corrected chi connectivity index (χ1v) is 14.2. The predicted octanol–water partition coefficient (Wildman–Crippen LogP) is 6.31. The fourth-order valence-corrected chi connectivity index (χ4v) is 5.15. The number of carbonyl (C=O) groups excluding carboxylic acids is 2. The van der Waals surface area contributed by atoms with Crippen LogP contribution in [0.15, 0.2) is 97.1 Å². The molecule has 220 valence electrons. The van der Waals surface area contributed by atoms with Gasteiger partial charge in [0.25, 0.3) is 0 Å². The number of carbonyl (C=O) groups is 3. The molecule has 0 aromatic heterocycles. The Hall–Kier alpha value is -5.11. The minimum absolute atomic E-state index is 0.105. The first-order chi connectivity index (χ1) is 20.7. The maximum absolute atomic E-state index is 13.8. The van der Waals surface area contributed by atoms with Gasteiger partial charge >= 0.3 is 12.0 Å². The second-order valence-electron chi connectivity index (χ2n) is 10.6. The van der Waals surface area contributed by atoms with Gasteiger partial charge < -0.3 is 19.9 Å². The van der Waals surface area contributed by atoms with E-state index in [4.69, 9.17) is 9.47 Å². The highest BCUT2D eigenvalue weighted by Gasteiger charge is 2.53. The van der Waals surface area contributed by atoms with Crippen LogP contribution < -0.4 is 14.8 Å². The topological polar surface area (TPSA) is 105 Å². The molecular weight excluding hydrogens is 544 g/mol. The monoisotopic (exact) mass is 578 g/mol. The van der Waals surface area contributed by atoms with Crippen LogP contribution in [0.2, 0.25) is 0 Å². The van der Waals surface area contributed by atoms with E-state index in [9.17, 15) is 19.5 Å². The maximum Gasteiger partial charge on any atom is 0.335 e. The lowest BCUT2D eigenvalue weighted by molar-refractivity contribution is -0.166.